The minimum absolute atomic E-state index is 0. The molecule has 1 saturated heterocycles. The molecular weight excluding hydrogens is 447 g/mol. The lowest BCUT2D eigenvalue weighted by atomic mass is 9.90. The van der Waals surface area contributed by atoms with E-state index in [1.54, 1.807) is 0 Å². The number of rotatable bonds is 6. The molecule has 4 nitrogen and oxygen atoms in total. The third-order valence-electron chi connectivity index (χ3n) is 4.97. The molecular formula is C22H31IN4. The van der Waals surface area contributed by atoms with Gasteiger partial charge in [-0.05, 0) is 49.8 Å². The predicted octanol–water partition coefficient (Wildman–Crippen LogP) is 4.16. The first-order valence-corrected chi connectivity index (χ1v) is 9.82. The van der Waals surface area contributed by atoms with Gasteiger partial charge in [0, 0.05) is 44.5 Å². The molecule has 0 saturated carbocycles. The number of nitrogens with one attached hydrogen (secondary N) is 1. The number of likely N-dealkylation sites (tertiary alicyclic amines) is 1. The van der Waals surface area contributed by atoms with Crippen molar-refractivity contribution in [2.24, 2.45) is 10.9 Å². The van der Waals surface area contributed by atoms with Gasteiger partial charge in [0.25, 0.3) is 0 Å². The summed E-state index contributed by atoms with van der Waals surface area (Å²) in [6, 6.07) is 16.9. The standard InChI is InChI=1S/C22H30N4.HI/c1-2-23-22(25-15-11-21-10-6-7-14-24-21)26-16-12-20(13-17-26)18-19-8-4-3-5-9-19;/h3-10,14,20H,2,11-13,15-18H2,1H3,(H,23,25);1H. The summed E-state index contributed by atoms with van der Waals surface area (Å²) in [4.78, 5) is 11.6. The number of piperidine rings is 1. The molecule has 1 aliphatic rings. The molecule has 0 atom stereocenters. The Kier molecular flexibility index (Phi) is 9.59. The largest absolute Gasteiger partial charge is 0.357 e. The molecule has 1 N–H and O–H groups in total. The first-order valence-electron chi connectivity index (χ1n) is 9.82. The van der Waals surface area contributed by atoms with Crippen LogP contribution in [0.5, 0.6) is 0 Å². The summed E-state index contributed by atoms with van der Waals surface area (Å²) in [5, 5.41) is 3.46. The maximum absolute atomic E-state index is 4.83. The maximum atomic E-state index is 4.83. The van der Waals surface area contributed by atoms with Crippen molar-refractivity contribution in [3.63, 3.8) is 0 Å². The third kappa shape index (κ3) is 7.13. The van der Waals surface area contributed by atoms with Crippen molar-refractivity contribution in [2.75, 3.05) is 26.2 Å². The number of hydrogen-bond acceptors (Lipinski definition) is 2. The van der Waals surface area contributed by atoms with E-state index in [1.807, 2.05) is 18.3 Å². The summed E-state index contributed by atoms with van der Waals surface area (Å²) in [6.45, 7) is 6.01. The molecule has 2 aromatic rings. The van der Waals surface area contributed by atoms with Gasteiger partial charge in [0.1, 0.15) is 0 Å². The lowest BCUT2D eigenvalue weighted by Crippen LogP contribution is -2.46. The second kappa shape index (κ2) is 12.0. The summed E-state index contributed by atoms with van der Waals surface area (Å²) in [7, 11) is 0. The summed E-state index contributed by atoms with van der Waals surface area (Å²) in [5.74, 6) is 1.84. The Morgan fingerprint density at radius 3 is 2.52 bits per heavy atom. The molecule has 0 amide bonds. The van der Waals surface area contributed by atoms with Crippen LogP contribution in [0.4, 0.5) is 0 Å². The Hall–Kier alpha value is -1.63. The zero-order valence-electron chi connectivity index (χ0n) is 16.2. The van der Waals surface area contributed by atoms with Gasteiger partial charge in [-0.1, -0.05) is 36.4 Å². The molecule has 1 aromatic carbocycles. The molecule has 1 aliphatic heterocycles. The van der Waals surface area contributed by atoms with Crippen LogP contribution in [-0.4, -0.2) is 42.0 Å². The fourth-order valence-corrected chi connectivity index (χ4v) is 3.54. The van der Waals surface area contributed by atoms with Crippen LogP contribution in [-0.2, 0) is 12.8 Å². The normalized spacial score (nSPS) is 15.3. The number of nitrogens with zero attached hydrogens (tertiary/aromatic N) is 3. The first kappa shape index (κ1) is 21.7. The summed E-state index contributed by atoms with van der Waals surface area (Å²) in [5.41, 5.74) is 2.57. The average Bonchev–Trinajstić information content (AvgIpc) is 2.70. The lowest BCUT2D eigenvalue weighted by Gasteiger charge is -2.34. The van der Waals surface area contributed by atoms with Gasteiger partial charge in [0.05, 0.1) is 0 Å². The van der Waals surface area contributed by atoms with Crippen LogP contribution in [0.2, 0.25) is 0 Å². The SMILES string of the molecule is CCNC(=NCCc1ccccn1)N1CCC(Cc2ccccc2)CC1.I. The van der Waals surface area contributed by atoms with E-state index in [4.69, 9.17) is 4.99 Å². The Bertz CT molecular complexity index is 667. The van der Waals surface area contributed by atoms with E-state index in [0.717, 1.165) is 50.2 Å². The van der Waals surface area contributed by atoms with Crippen molar-refractivity contribution in [1.29, 1.82) is 0 Å². The molecule has 2 heterocycles. The van der Waals surface area contributed by atoms with Gasteiger partial charge in [0.15, 0.2) is 5.96 Å². The molecule has 27 heavy (non-hydrogen) atoms. The Morgan fingerprint density at radius 2 is 1.85 bits per heavy atom. The molecule has 1 fully saturated rings. The third-order valence-corrected chi connectivity index (χ3v) is 4.97. The number of pyridine rings is 1. The van der Waals surface area contributed by atoms with E-state index >= 15 is 0 Å². The lowest BCUT2D eigenvalue weighted by molar-refractivity contribution is 0.259. The first-order chi connectivity index (χ1) is 12.8. The minimum Gasteiger partial charge on any atom is -0.357 e. The molecule has 0 radical (unpaired) electrons. The molecule has 0 aliphatic carbocycles. The van der Waals surface area contributed by atoms with E-state index in [0.29, 0.717) is 0 Å². The highest BCUT2D eigenvalue weighted by Crippen LogP contribution is 2.21. The van der Waals surface area contributed by atoms with Gasteiger partial charge < -0.3 is 10.2 Å². The molecule has 146 valence electrons. The van der Waals surface area contributed by atoms with Crippen LogP contribution < -0.4 is 5.32 Å². The molecule has 0 spiro atoms. The van der Waals surface area contributed by atoms with Crippen LogP contribution in [0.3, 0.4) is 0 Å². The summed E-state index contributed by atoms with van der Waals surface area (Å²) < 4.78 is 0. The van der Waals surface area contributed by atoms with Gasteiger partial charge in [-0.25, -0.2) is 0 Å². The van der Waals surface area contributed by atoms with E-state index in [2.05, 4.69) is 58.5 Å². The van der Waals surface area contributed by atoms with E-state index in [-0.39, 0.29) is 24.0 Å². The second-order valence-electron chi connectivity index (χ2n) is 6.93. The Balaban J connectivity index is 0.00000261. The monoisotopic (exact) mass is 478 g/mol. The number of aliphatic imine (C=N–C) groups is 1. The summed E-state index contributed by atoms with van der Waals surface area (Å²) >= 11 is 0. The minimum atomic E-state index is 0. The fraction of sp³-hybridized carbons (Fsp3) is 0.455. The van der Waals surface area contributed by atoms with Gasteiger partial charge in [0.2, 0.25) is 0 Å². The smallest absolute Gasteiger partial charge is 0.193 e. The Morgan fingerprint density at radius 1 is 1.11 bits per heavy atom. The highest BCUT2D eigenvalue weighted by Gasteiger charge is 2.21. The molecule has 1 aromatic heterocycles. The number of benzene rings is 1. The highest BCUT2D eigenvalue weighted by atomic mass is 127. The molecule has 0 unspecified atom stereocenters. The van der Waals surface area contributed by atoms with Crippen LogP contribution in [0.25, 0.3) is 0 Å². The number of aromatic nitrogens is 1. The van der Waals surface area contributed by atoms with Crippen LogP contribution >= 0.6 is 24.0 Å². The highest BCUT2D eigenvalue weighted by molar-refractivity contribution is 14.0. The maximum Gasteiger partial charge on any atom is 0.193 e. The zero-order valence-corrected chi connectivity index (χ0v) is 18.5. The van der Waals surface area contributed by atoms with Gasteiger partial charge in [-0.2, -0.15) is 0 Å². The van der Waals surface area contributed by atoms with Crippen LogP contribution in [0.1, 0.15) is 31.0 Å². The number of hydrogen-bond donors (Lipinski definition) is 1. The van der Waals surface area contributed by atoms with Crippen LogP contribution in [0.15, 0.2) is 59.7 Å². The second-order valence-corrected chi connectivity index (χ2v) is 6.93. The van der Waals surface area contributed by atoms with Gasteiger partial charge in [-0.3, -0.25) is 9.98 Å². The quantitative estimate of drug-likeness (QED) is 0.385. The fourth-order valence-electron chi connectivity index (χ4n) is 3.54. The van der Waals surface area contributed by atoms with E-state index < -0.39 is 0 Å². The summed E-state index contributed by atoms with van der Waals surface area (Å²) in [6.07, 6.45) is 6.41. The number of guanidine groups is 1. The van der Waals surface area contributed by atoms with Crippen LogP contribution in [0, 0.1) is 5.92 Å². The zero-order chi connectivity index (χ0) is 18.0. The van der Waals surface area contributed by atoms with Crippen molar-refractivity contribution in [3.05, 3.63) is 66.0 Å². The Labute approximate surface area is 180 Å². The predicted molar refractivity (Wildman–Crippen MR) is 124 cm³/mol. The van der Waals surface area contributed by atoms with E-state index in [9.17, 15) is 0 Å². The topological polar surface area (TPSA) is 40.5 Å². The van der Waals surface area contributed by atoms with Gasteiger partial charge >= 0.3 is 0 Å². The van der Waals surface area contributed by atoms with Crippen molar-refractivity contribution in [1.82, 2.24) is 15.2 Å². The van der Waals surface area contributed by atoms with Crippen molar-refractivity contribution < 1.29 is 0 Å². The number of halogens is 1. The van der Waals surface area contributed by atoms with Crippen molar-refractivity contribution in [3.8, 4) is 0 Å². The molecule has 0 bridgehead atoms. The average molecular weight is 478 g/mol. The molecule has 5 heteroatoms. The van der Waals surface area contributed by atoms with Gasteiger partial charge in [-0.15, -0.1) is 24.0 Å². The molecule has 3 rings (SSSR count). The van der Waals surface area contributed by atoms with E-state index in [1.165, 1.54) is 24.8 Å². The van der Waals surface area contributed by atoms with Crippen molar-refractivity contribution in [2.45, 2.75) is 32.6 Å². The van der Waals surface area contributed by atoms with Crippen molar-refractivity contribution >= 4 is 29.9 Å².